The van der Waals surface area contributed by atoms with Crippen molar-refractivity contribution in [2.45, 2.75) is 44.1 Å². The molecular weight excluding hydrogens is 252 g/mol. The molecule has 0 fully saturated rings. The van der Waals surface area contributed by atoms with E-state index in [1.54, 1.807) is 6.20 Å². The molecule has 2 rings (SSSR count). The van der Waals surface area contributed by atoms with E-state index in [0.717, 1.165) is 25.0 Å². The summed E-state index contributed by atoms with van der Waals surface area (Å²) in [6, 6.07) is 3.94. The lowest BCUT2D eigenvalue weighted by molar-refractivity contribution is 0.00109. The van der Waals surface area contributed by atoms with Crippen LogP contribution in [0.3, 0.4) is 0 Å². The zero-order valence-electron chi connectivity index (χ0n) is 10.8. The van der Waals surface area contributed by atoms with Crippen LogP contribution in [0.1, 0.15) is 36.4 Å². The molecule has 1 heterocycles. The number of aryl methyl sites for hydroxylation is 1. The summed E-state index contributed by atoms with van der Waals surface area (Å²) < 4.78 is 28.6. The zero-order valence-corrected chi connectivity index (χ0v) is 10.8. The van der Waals surface area contributed by atoms with Gasteiger partial charge >= 0.3 is 0 Å². The van der Waals surface area contributed by atoms with E-state index in [4.69, 9.17) is 4.74 Å². The summed E-state index contributed by atoms with van der Waals surface area (Å²) in [5, 5.41) is 10.2. The van der Waals surface area contributed by atoms with Gasteiger partial charge in [0, 0.05) is 24.4 Å². The molecule has 0 saturated carbocycles. The average Bonchev–Trinajstić information content (AvgIpc) is 2.42. The predicted molar refractivity (Wildman–Crippen MR) is 67.4 cm³/mol. The maximum absolute atomic E-state index is 11.9. The summed E-state index contributed by atoms with van der Waals surface area (Å²) in [5.41, 5.74) is 2.14. The highest BCUT2D eigenvalue weighted by atomic mass is 19.3. The van der Waals surface area contributed by atoms with Gasteiger partial charge < -0.3 is 9.84 Å². The van der Waals surface area contributed by atoms with Gasteiger partial charge in [-0.3, -0.25) is 4.98 Å². The highest BCUT2D eigenvalue weighted by Gasteiger charge is 2.27. The topological polar surface area (TPSA) is 42.4 Å². The van der Waals surface area contributed by atoms with Crippen LogP contribution in [-0.2, 0) is 11.2 Å². The fourth-order valence-electron chi connectivity index (χ4n) is 2.60. The van der Waals surface area contributed by atoms with Gasteiger partial charge in [-0.25, -0.2) is 8.78 Å². The Morgan fingerprint density at radius 2 is 2.32 bits per heavy atom. The third-order valence-corrected chi connectivity index (χ3v) is 3.50. The summed E-state index contributed by atoms with van der Waals surface area (Å²) in [4.78, 5) is 4.36. The van der Waals surface area contributed by atoms with Crippen LogP contribution in [0.25, 0.3) is 0 Å². The Morgan fingerprint density at radius 3 is 3.11 bits per heavy atom. The third kappa shape index (κ3) is 3.94. The minimum absolute atomic E-state index is 0.0000926. The molecule has 2 unspecified atom stereocenters. The first-order valence-electron chi connectivity index (χ1n) is 6.66. The molecule has 3 nitrogen and oxygen atoms in total. The lowest BCUT2D eigenvalue weighted by Crippen LogP contribution is -2.25. The lowest BCUT2D eigenvalue weighted by atomic mass is 9.82. The second-order valence-electron chi connectivity index (χ2n) is 4.87. The normalized spacial score (nSPS) is 20.3. The van der Waals surface area contributed by atoms with Crippen molar-refractivity contribution in [1.82, 2.24) is 4.98 Å². The van der Waals surface area contributed by atoms with E-state index in [9.17, 15) is 13.9 Å². The van der Waals surface area contributed by atoms with Gasteiger partial charge in [-0.2, -0.15) is 0 Å². The van der Waals surface area contributed by atoms with Crippen LogP contribution in [0.4, 0.5) is 8.78 Å². The van der Waals surface area contributed by atoms with Crippen molar-refractivity contribution in [2.24, 2.45) is 0 Å². The molecule has 1 N–H and O–H groups in total. The Morgan fingerprint density at radius 1 is 1.47 bits per heavy atom. The van der Waals surface area contributed by atoms with Crippen LogP contribution < -0.4 is 0 Å². The molecule has 0 aromatic carbocycles. The van der Waals surface area contributed by atoms with E-state index in [-0.39, 0.29) is 12.5 Å². The molecule has 0 radical (unpaired) electrons. The quantitative estimate of drug-likeness (QED) is 0.808. The van der Waals surface area contributed by atoms with Gasteiger partial charge in [0.25, 0.3) is 6.43 Å². The second-order valence-corrected chi connectivity index (χ2v) is 4.87. The number of ether oxygens (including phenoxy) is 1. The fraction of sp³-hybridized carbons (Fsp3) is 0.643. The summed E-state index contributed by atoms with van der Waals surface area (Å²) >= 11 is 0. The van der Waals surface area contributed by atoms with Gasteiger partial charge in [0.15, 0.2) is 0 Å². The summed E-state index contributed by atoms with van der Waals surface area (Å²) in [7, 11) is 0. The Hall–Kier alpha value is -1.07. The Bertz CT molecular complexity index is 401. The molecule has 0 saturated heterocycles. The van der Waals surface area contributed by atoms with Crippen molar-refractivity contribution in [1.29, 1.82) is 0 Å². The number of pyridine rings is 1. The van der Waals surface area contributed by atoms with E-state index in [1.807, 2.05) is 12.1 Å². The molecule has 1 aliphatic carbocycles. The van der Waals surface area contributed by atoms with Crippen molar-refractivity contribution < 1.29 is 18.6 Å². The maximum Gasteiger partial charge on any atom is 0.261 e. The summed E-state index contributed by atoms with van der Waals surface area (Å²) in [5.74, 6) is 0.0000926. The molecule has 0 bridgehead atoms. The number of fused-ring (bicyclic) bond motifs is 1. The average molecular weight is 271 g/mol. The van der Waals surface area contributed by atoms with Crippen LogP contribution in [-0.4, -0.2) is 35.8 Å². The van der Waals surface area contributed by atoms with Crippen LogP contribution in [0.2, 0.25) is 0 Å². The molecule has 5 heteroatoms. The number of aliphatic hydroxyl groups is 1. The van der Waals surface area contributed by atoms with Gasteiger partial charge in [0.05, 0.1) is 6.10 Å². The Kier molecular flexibility index (Phi) is 5.22. The molecule has 0 amide bonds. The minimum Gasteiger partial charge on any atom is -0.392 e. The third-order valence-electron chi connectivity index (χ3n) is 3.50. The van der Waals surface area contributed by atoms with Crippen molar-refractivity contribution in [3.05, 3.63) is 29.6 Å². The maximum atomic E-state index is 11.9. The van der Waals surface area contributed by atoms with Crippen LogP contribution >= 0.6 is 0 Å². The number of aromatic nitrogens is 1. The van der Waals surface area contributed by atoms with E-state index in [2.05, 4.69) is 4.98 Å². The first kappa shape index (κ1) is 14.3. The van der Waals surface area contributed by atoms with E-state index < -0.39 is 19.1 Å². The van der Waals surface area contributed by atoms with Crippen molar-refractivity contribution in [3.63, 3.8) is 0 Å². The lowest BCUT2D eigenvalue weighted by Gasteiger charge is -2.28. The largest absolute Gasteiger partial charge is 0.392 e. The minimum atomic E-state index is -2.45. The number of hydrogen-bond acceptors (Lipinski definition) is 3. The predicted octanol–water partition coefficient (Wildman–Crippen LogP) is 2.53. The van der Waals surface area contributed by atoms with Gasteiger partial charge in [0.2, 0.25) is 0 Å². The molecule has 1 aliphatic rings. The van der Waals surface area contributed by atoms with Gasteiger partial charge in [-0.15, -0.1) is 0 Å². The molecule has 1 aromatic heterocycles. The van der Waals surface area contributed by atoms with Crippen LogP contribution in [0, 0.1) is 0 Å². The van der Waals surface area contributed by atoms with Gasteiger partial charge in [0.1, 0.15) is 6.61 Å². The van der Waals surface area contributed by atoms with E-state index in [0.29, 0.717) is 6.42 Å². The monoisotopic (exact) mass is 271 g/mol. The van der Waals surface area contributed by atoms with Crippen LogP contribution in [0.5, 0.6) is 0 Å². The zero-order chi connectivity index (χ0) is 13.7. The number of halogens is 2. The van der Waals surface area contributed by atoms with Crippen molar-refractivity contribution in [3.8, 4) is 0 Å². The number of hydrogen-bond donors (Lipinski definition) is 1. The Balaban J connectivity index is 1.88. The van der Waals surface area contributed by atoms with E-state index in [1.165, 1.54) is 5.56 Å². The number of rotatable bonds is 6. The first-order valence-corrected chi connectivity index (χ1v) is 6.66. The fourth-order valence-corrected chi connectivity index (χ4v) is 2.60. The molecule has 2 atom stereocenters. The van der Waals surface area contributed by atoms with Crippen molar-refractivity contribution in [2.75, 3.05) is 13.2 Å². The van der Waals surface area contributed by atoms with Crippen molar-refractivity contribution >= 4 is 0 Å². The Labute approximate surface area is 111 Å². The number of aliphatic hydroxyl groups excluding tert-OH is 1. The summed E-state index contributed by atoms with van der Waals surface area (Å²) in [6.45, 7) is -0.406. The molecule has 106 valence electrons. The molecule has 0 spiro atoms. The molecular formula is C14H19F2NO2. The standard InChI is InChI=1S/C14H19F2NO2/c15-13(16)9-19-8-6-12(18)11-5-1-3-10-4-2-7-17-14(10)11/h2,4,7,11-13,18H,1,3,5-6,8-9H2. The van der Waals surface area contributed by atoms with E-state index >= 15 is 0 Å². The number of nitrogens with zero attached hydrogens (tertiary/aromatic N) is 1. The molecule has 1 aromatic rings. The SMILES string of the molecule is OC(CCOCC(F)F)C1CCCc2cccnc21. The summed E-state index contributed by atoms with van der Waals surface area (Å²) in [6.07, 6.45) is 1.98. The second kappa shape index (κ2) is 6.91. The highest BCUT2D eigenvalue weighted by molar-refractivity contribution is 5.26. The van der Waals surface area contributed by atoms with Gasteiger partial charge in [-0.05, 0) is 37.3 Å². The molecule has 0 aliphatic heterocycles. The molecule has 19 heavy (non-hydrogen) atoms. The van der Waals surface area contributed by atoms with Gasteiger partial charge in [-0.1, -0.05) is 6.07 Å². The van der Waals surface area contributed by atoms with Crippen LogP contribution in [0.15, 0.2) is 18.3 Å². The smallest absolute Gasteiger partial charge is 0.261 e. The first-order chi connectivity index (χ1) is 9.18. The highest BCUT2D eigenvalue weighted by Crippen LogP contribution is 2.33. The number of alkyl halides is 2.